The molecule has 0 heterocycles. The second-order valence-corrected chi connectivity index (χ2v) is 8.55. The van der Waals surface area contributed by atoms with E-state index in [1.54, 1.807) is 36.4 Å². The van der Waals surface area contributed by atoms with Crippen LogP contribution in [0.2, 0.25) is 10.0 Å². The summed E-state index contributed by atoms with van der Waals surface area (Å²) in [7, 11) is -3.25. The van der Waals surface area contributed by atoms with Crippen molar-refractivity contribution in [1.82, 2.24) is 0 Å². The highest BCUT2D eigenvalue weighted by molar-refractivity contribution is 7.91. The SMILES string of the molecule is CS(=O)(=O)C1Cc2cc(Cl)ccc2C1Oc1ccc(Cl)cc1. The Morgan fingerprint density at radius 2 is 1.68 bits per heavy atom. The van der Waals surface area contributed by atoms with Crippen molar-refractivity contribution in [2.75, 3.05) is 6.26 Å². The number of halogens is 2. The molecule has 2 atom stereocenters. The van der Waals surface area contributed by atoms with Gasteiger partial charge in [0.05, 0.1) is 0 Å². The molecule has 0 saturated carbocycles. The van der Waals surface area contributed by atoms with Gasteiger partial charge in [-0.05, 0) is 53.9 Å². The third-order valence-electron chi connectivity index (χ3n) is 3.80. The molecule has 0 bridgehead atoms. The summed E-state index contributed by atoms with van der Waals surface area (Å²) in [5, 5.41) is 0.584. The smallest absolute Gasteiger partial charge is 0.154 e. The summed E-state index contributed by atoms with van der Waals surface area (Å²) in [4.78, 5) is 0. The molecular weight excluding hydrogens is 343 g/mol. The molecule has 2 unspecified atom stereocenters. The normalized spacial score (nSPS) is 20.7. The molecule has 6 heteroatoms. The first kappa shape index (κ1) is 15.7. The molecule has 0 radical (unpaired) electrons. The van der Waals surface area contributed by atoms with Gasteiger partial charge in [-0.2, -0.15) is 0 Å². The van der Waals surface area contributed by atoms with Crippen LogP contribution >= 0.6 is 23.2 Å². The minimum Gasteiger partial charge on any atom is -0.484 e. The van der Waals surface area contributed by atoms with Gasteiger partial charge in [-0.15, -0.1) is 0 Å². The lowest BCUT2D eigenvalue weighted by Gasteiger charge is -2.21. The Morgan fingerprint density at radius 1 is 1.05 bits per heavy atom. The van der Waals surface area contributed by atoms with Gasteiger partial charge in [-0.3, -0.25) is 0 Å². The van der Waals surface area contributed by atoms with Crippen molar-refractivity contribution in [3.63, 3.8) is 0 Å². The molecule has 0 amide bonds. The maximum Gasteiger partial charge on any atom is 0.154 e. The molecule has 22 heavy (non-hydrogen) atoms. The molecule has 1 aliphatic carbocycles. The minimum absolute atomic E-state index is 0.410. The summed E-state index contributed by atoms with van der Waals surface area (Å²) in [6.07, 6.45) is 1.11. The number of rotatable bonds is 3. The van der Waals surface area contributed by atoms with Crippen LogP contribution in [-0.4, -0.2) is 19.9 Å². The lowest BCUT2D eigenvalue weighted by atomic mass is 10.1. The Hall–Kier alpha value is -1.23. The molecule has 0 saturated heterocycles. The zero-order valence-corrected chi connectivity index (χ0v) is 14.1. The fourth-order valence-electron chi connectivity index (χ4n) is 2.73. The van der Waals surface area contributed by atoms with Gasteiger partial charge < -0.3 is 4.74 Å². The number of ether oxygens (including phenoxy) is 1. The maximum atomic E-state index is 12.1. The Morgan fingerprint density at radius 3 is 2.32 bits per heavy atom. The zero-order chi connectivity index (χ0) is 15.9. The first-order valence-electron chi connectivity index (χ1n) is 6.74. The van der Waals surface area contributed by atoms with Crippen molar-refractivity contribution in [2.24, 2.45) is 0 Å². The summed E-state index contributed by atoms with van der Waals surface area (Å²) in [5.41, 5.74) is 1.79. The fraction of sp³-hybridized carbons (Fsp3) is 0.250. The third kappa shape index (κ3) is 3.09. The maximum absolute atomic E-state index is 12.1. The minimum atomic E-state index is -3.25. The van der Waals surface area contributed by atoms with Gasteiger partial charge in [-0.1, -0.05) is 29.3 Å². The molecule has 0 fully saturated rings. The Labute approximate surface area is 139 Å². The van der Waals surface area contributed by atoms with Crippen LogP contribution in [0.3, 0.4) is 0 Å². The van der Waals surface area contributed by atoms with Gasteiger partial charge in [0.1, 0.15) is 17.1 Å². The molecule has 0 aliphatic heterocycles. The van der Waals surface area contributed by atoms with Crippen LogP contribution in [-0.2, 0) is 16.3 Å². The van der Waals surface area contributed by atoms with Gasteiger partial charge >= 0.3 is 0 Å². The second kappa shape index (κ2) is 5.76. The number of hydrogen-bond donors (Lipinski definition) is 0. The highest BCUT2D eigenvalue weighted by Gasteiger charge is 2.40. The molecule has 116 valence electrons. The molecule has 0 N–H and O–H groups in total. The molecule has 0 spiro atoms. The van der Waals surface area contributed by atoms with Crippen molar-refractivity contribution in [1.29, 1.82) is 0 Å². The predicted octanol–water partition coefficient (Wildman–Crippen LogP) is 4.08. The summed E-state index contributed by atoms with van der Waals surface area (Å²) < 4.78 is 30.2. The molecule has 3 nitrogen and oxygen atoms in total. The van der Waals surface area contributed by atoms with E-state index in [9.17, 15) is 8.42 Å². The van der Waals surface area contributed by atoms with Gasteiger partial charge in [-0.25, -0.2) is 8.42 Å². The van der Waals surface area contributed by atoms with Crippen molar-refractivity contribution >= 4 is 33.0 Å². The van der Waals surface area contributed by atoms with Crippen LogP contribution in [0.1, 0.15) is 17.2 Å². The lowest BCUT2D eigenvalue weighted by molar-refractivity contribution is 0.210. The fourth-order valence-corrected chi connectivity index (χ4v) is 4.18. The second-order valence-electron chi connectivity index (χ2n) is 5.41. The molecular formula is C16H14Cl2O3S. The predicted molar refractivity (Wildman–Crippen MR) is 88.6 cm³/mol. The average Bonchev–Trinajstić information content (AvgIpc) is 2.79. The van der Waals surface area contributed by atoms with Crippen LogP contribution in [0.4, 0.5) is 0 Å². The largest absolute Gasteiger partial charge is 0.484 e. The van der Waals surface area contributed by atoms with E-state index in [2.05, 4.69) is 0 Å². The van der Waals surface area contributed by atoms with E-state index in [-0.39, 0.29) is 0 Å². The van der Waals surface area contributed by atoms with Gasteiger partial charge in [0, 0.05) is 16.3 Å². The van der Waals surface area contributed by atoms with E-state index in [0.29, 0.717) is 22.2 Å². The molecule has 0 aromatic heterocycles. The first-order valence-corrected chi connectivity index (χ1v) is 9.45. The molecule has 2 aromatic carbocycles. The summed E-state index contributed by atoms with van der Waals surface area (Å²) >= 11 is 11.9. The van der Waals surface area contributed by atoms with Gasteiger partial charge in [0.25, 0.3) is 0 Å². The average molecular weight is 357 g/mol. The monoisotopic (exact) mass is 356 g/mol. The van der Waals surface area contributed by atoms with E-state index >= 15 is 0 Å². The number of sulfone groups is 1. The number of benzene rings is 2. The zero-order valence-electron chi connectivity index (χ0n) is 11.8. The third-order valence-corrected chi connectivity index (χ3v) is 5.80. The van der Waals surface area contributed by atoms with E-state index in [4.69, 9.17) is 27.9 Å². The van der Waals surface area contributed by atoms with E-state index < -0.39 is 21.2 Å². The highest BCUT2D eigenvalue weighted by Crippen LogP contribution is 2.39. The van der Waals surface area contributed by atoms with Gasteiger partial charge in [0.2, 0.25) is 0 Å². The van der Waals surface area contributed by atoms with Crippen LogP contribution < -0.4 is 4.74 Å². The van der Waals surface area contributed by atoms with Crippen molar-refractivity contribution in [3.05, 3.63) is 63.6 Å². The van der Waals surface area contributed by atoms with Crippen LogP contribution in [0.15, 0.2) is 42.5 Å². The summed E-state index contributed by atoms with van der Waals surface area (Å²) in [6, 6.07) is 12.3. The quantitative estimate of drug-likeness (QED) is 0.831. The first-order chi connectivity index (χ1) is 10.3. The van der Waals surface area contributed by atoms with E-state index in [0.717, 1.165) is 11.1 Å². The van der Waals surface area contributed by atoms with Crippen LogP contribution in [0.5, 0.6) is 5.75 Å². The highest BCUT2D eigenvalue weighted by atomic mass is 35.5. The standard InChI is InChI=1S/C16H14Cl2O3S/c1-22(19,20)15-9-10-8-12(18)4-7-14(10)16(15)21-13-5-2-11(17)3-6-13/h2-8,15-16H,9H2,1H3. The number of hydrogen-bond acceptors (Lipinski definition) is 3. The van der Waals surface area contributed by atoms with Gasteiger partial charge in [0.15, 0.2) is 9.84 Å². The summed E-state index contributed by atoms with van der Waals surface area (Å²) in [6.45, 7) is 0. The molecule has 3 rings (SSSR count). The summed E-state index contributed by atoms with van der Waals surface area (Å²) in [5.74, 6) is 0.589. The van der Waals surface area contributed by atoms with Crippen molar-refractivity contribution in [2.45, 2.75) is 17.8 Å². The van der Waals surface area contributed by atoms with E-state index in [1.807, 2.05) is 6.07 Å². The molecule has 1 aliphatic rings. The lowest BCUT2D eigenvalue weighted by Crippen LogP contribution is -2.28. The topological polar surface area (TPSA) is 43.4 Å². The van der Waals surface area contributed by atoms with Crippen molar-refractivity contribution in [3.8, 4) is 5.75 Å². The Kier molecular flexibility index (Phi) is 4.10. The van der Waals surface area contributed by atoms with Crippen LogP contribution in [0, 0.1) is 0 Å². The van der Waals surface area contributed by atoms with E-state index in [1.165, 1.54) is 6.26 Å². The number of fused-ring (bicyclic) bond motifs is 1. The molecule has 2 aromatic rings. The van der Waals surface area contributed by atoms with Crippen molar-refractivity contribution < 1.29 is 13.2 Å². The Bertz CT molecular complexity index is 801. The van der Waals surface area contributed by atoms with Crippen LogP contribution in [0.25, 0.3) is 0 Å². The Balaban J connectivity index is 1.99.